The second-order valence-corrected chi connectivity index (χ2v) is 10.8. The first-order chi connectivity index (χ1) is 16.3. The molecule has 196 valence electrons. The van der Waals surface area contributed by atoms with Gasteiger partial charge in [0.15, 0.2) is 0 Å². The Hall–Kier alpha value is -0.660. The molecule has 0 bridgehead atoms. The summed E-state index contributed by atoms with van der Waals surface area (Å²) in [6, 6.07) is 0. The summed E-state index contributed by atoms with van der Waals surface area (Å²) >= 11 is 0. The number of hydrogen-bond donors (Lipinski definition) is 0. The molecule has 0 spiro atoms. The average molecular weight is 463 g/mol. The minimum absolute atomic E-state index is 0.571. The van der Waals surface area contributed by atoms with E-state index in [2.05, 4.69) is 43.0 Å². The van der Waals surface area contributed by atoms with Gasteiger partial charge in [-0.3, -0.25) is 0 Å². The van der Waals surface area contributed by atoms with Crippen molar-refractivity contribution in [3.63, 3.8) is 0 Å². The van der Waals surface area contributed by atoms with Gasteiger partial charge in [-0.1, -0.05) is 149 Å². The maximum absolute atomic E-state index is 2.56. The van der Waals surface area contributed by atoms with Crippen molar-refractivity contribution in [3.05, 3.63) is 12.4 Å². The van der Waals surface area contributed by atoms with Gasteiger partial charge in [-0.15, -0.1) is 0 Å². The Bertz CT molecular complexity index is 419. The Morgan fingerprint density at radius 3 is 0.909 bits per heavy atom. The molecule has 2 heteroatoms. The highest BCUT2D eigenvalue weighted by atomic mass is 15.4. The normalized spacial score (nSPS) is 15.8. The summed E-state index contributed by atoms with van der Waals surface area (Å²) in [6.07, 6.45) is 38.3. The highest BCUT2D eigenvalue weighted by Gasteiger charge is 2.20. The molecular formula is C31H62N2. The highest BCUT2D eigenvalue weighted by molar-refractivity contribution is 4.95. The Morgan fingerprint density at radius 1 is 0.394 bits per heavy atom. The molecule has 0 fully saturated rings. The van der Waals surface area contributed by atoms with Crippen molar-refractivity contribution < 1.29 is 0 Å². The van der Waals surface area contributed by atoms with Crippen LogP contribution in [-0.2, 0) is 0 Å². The molecule has 1 aliphatic rings. The first-order valence-electron chi connectivity index (χ1n) is 15.5. The molecule has 1 unspecified atom stereocenters. The molecule has 0 saturated carbocycles. The summed E-state index contributed by atoms with van der Waals surface area (Å²) < 4.78 is 0. The van der Waals surface area contributed by atoms with Crippen LogP contribution in [0.1, 0.15) is 168 Å². The van der Waals surface area contributed by atoms with Crippen molar-refractivity contribution in [1.82, 2.24) is 9.80 Å². The van der Waals surface area contributed by atoms with E-state index < -0.39 is 0 Å². The quantitative estimate of drug-likeness (QED) is 0.124. The van der Waals surface area contributed by atoms with Crippen LogP contribution < -0.4 is 0 Å². The van der Waals surface area contributed by atoms with Gasteiger partial charge in [-0.25, -0.2) is 0 Å². The lowest BCUT2D eigenvalue weighted by atomic mass is 10.0. The van der Waals surface area contributed by atoms with Crippen molar-refractivity contribution in [2.75, 3.05) is 13.1 Å². The largest absolute Gasteiger partial charge is 0.356 e. The maximum atomic E-state index is 2.56. The fraction of sp³-hybridized carbons (Fsp3) is 0.935. The second-order valence-electron chi connectivity index (χ2n) is 10.8. The molecule has 0 saturated heterocycles. The number of unbranched alkanes of at least 4 members (excludes halogenated alkanes) is 21. The van der Waals surface area contributed by atoms with E-state index in [9.17, 15) is 0 Å². The number of rotatable bonds is 25. The lowest BCUT2D eigenvalue weighted by Crippen LogP contribution is -2.36. The van der Waals surface area contributed by atoms with Crippen LogP contribution in [0.4, 0.5) is 0 Å². The van der Waals surface area contributed by atoms with Gasteiger partial charge in [0.05, 0.1) is 6.17 Å². The fourth-order valence-electron chi connectivity index (χ4n) is 5.23. The zero-order chi connectivity index (χ0) is 23.8. The van der Waals surface area contributed by atoms with Crippen LogP contribution in [0.15, 0.2) is 12.4 Å². The molecule has 0 N–H and O–H groups in total. The van der Waals surface area contributed by atoms with E-state index in [-0.39, 0.29) is 0 Å². The molecule has 0 aromatic rings. The van der Waals surface area contributed by atoms with E-state index in [1.807, 2.05) is 0 Å². The summed E-state index contributed by atoms with van der Waals surface area (Å²) in [5, 5.41) is 0. The summed E-state index contributed by atoms with van der Waals surface area (Å²) in [6.45, 7) is 9.45. The molecule has 1 aliphatic heterocycles. The third-order valence-electron chi connectivity index (χ3n) is 7.70. The Kier molecular flexibility index (Phi) is 21.3. The van der Waals surface area contributed by atoms with Gasteiger partial charge in [0.2, 0.25) is 0 Å². The molecule has 0 radical (unpaired) electrons. The summed E-state index contributed by atoms with van der Waals surface area (Å²) in [5.41, 5.74) is 0. The monoisotopic (exact) mass is 462 g/mol. The van der Waals surface area contributed by atoms with Gasteiger partial charge < -0.3 is 9.80 Å². The van der Waals surface area contributed by atoms with Crippen LogP contribution in [0.3, 0.4) is 0 Å². The predicted molar refractivity (Wildman–Crippen MR) is 150 cm³/mol. The summed E-state index contributed by atoms with van der Waals surface area (Å²) in [5.74, 6) is 0. The first kappa shape index (κ1) is 30.4. The molecule has 0 aromatic heterocycles. The van der Waals surface area contributed by atoms with Gasteiger partial charge in [0.25, 0.3) is 0 Å². The molecule has 0 aromatic carbocycles. The Labute approximate surface area is 210 Å². The molecule has 1 rings (SSSR count). The Morgan fingerprint density at radius 2 is 0.636 bits per heavy atom. The van der Waals surface area contributed by atoms with Crippen LogP contribution in [0.2, 0.25) is 0 Å². The fourth-order valence-corrected chi connectivity index (χ4v) is 5.23. The van der Waals surface area contributed by atoms with E-state index in [0.29, 0.717) is 6.17 Å². The second kappa shape index (κ2) is 23.1. The van der Waals surface area contributed by atoms with E-state index in [4.69, 9.17) is 0 Å². The van der Waals surface area contributed by atoms with E-state index in [0.717, 1.165) is 0 Å². The van der Waals surface area contributed by atoms with Crippen LogP contribution >= 0.6 is 0 Å². The maximum Gasteiger partial charge on any atom is 0.0977 e. The molecule has 33 heavy (non-hydrogen) atoms. The molecule has 2 nitrogen and oxygen atoms in total. The summed E-state index contributed by atoms with van der Waals surface area (Å²) in [4.78, 5) is 5.11. The summed E-state index contributed by atoms with van der Waals surface area (Å²) in [7, 11) is 0. The predicted octanol–water partition coefficient (Wildman–Crippen LogP) is 10.4. The lowest BCUT2D eigenvalue weighted by Gasteiger charge is -2.30. The standard InChI is InChI=1S/C31H62N2/c1-4-6-8-10-12-13-14-15-16-17-18-19-20-21-22-24-26-28-33-30-29-32(31(33)3)27-25-23-11-9-7-5-2/h29-31H,4-28H2,1-3H3. The van der Waals surface area contributed by atoms with Gasteiger partial charge in [0.1, 0.15) is 0 Å². The SMILES string of the molecule is CCCCCCCCCCCCCCCCCCCN1C=CN(CCCCCCCC)C1C. The highest BCUT2D eigenvalue weighted by Crippen LogP contribution is 2.19. The first-order valence-corrected chi connectivity index (χ1v) is 15.5. The topological polar surface area (TPSA) is 6.48 Å². The smallest absolute Gasteiger partial charge is 0.0977 e. The van der Waals surface area contributed by atoms with Gasteiger partial charge in [-0.2, -0.15) is 0 Å². The van der Waals surface area contributed by atoms with Gasteiger partial charge >= 0.3 is 0 Å². The minimum atomic E-state index is 0.571. The molecule has 1 atom stereocenters. The number of nitrogens with zero attached hydrogens (tertiary/aromatic N) is 2. The van der Waals surface area contributed by atoms with E-state index in [1.165, 1.54) is 161 Å². The van der Waals surface area contributed by atoms with Crippen LogP contribution in [-0.4, -0.2) is 29.1 Å². The molecular weight excluding hydrogens is 400 g/mol. The van der Waals surface area contributed by atoms with Gasteiger partial charge in [0, 0.05) is 25.5 Å². The van der Waals surface area contributed by atoms with E-state index in [1.54, 1.807) is 0 Å². The molecule has 0 amide bonds. The van der Waals surface area contributed by atoms with Crippen molar-refractivity contribution in [3.8, 4) is 0 Å². The van der Waals surface area contributed by atoms with Crippen LogP contribution in [0.5, 0.6) is 0 Å². The average Bonchev–Trinajstić information content (AvgIpc) is 3.17. The lowest BCUT2D eigenvalue weighted by molar-refractivity contribution is 0.165. The third kappa shape index (κ3) is 17.4. The Balaban J connectivity index is 1.81. The van der Waals surface area contributed by atoms with Crippen molar-refractivity contribution >= 4 is 0 Å². The minimum Gasteiger partial charge on any atom is -0.356 e. The molecule has 1 heterocycles. The third-order valence-corrected chi connectivity index (χ3v) is 7.70. The van der Waals surface area contributed by atoms with Crippen LogP contribution in [0.25, 0.3) is 0 Å². The van der Waals surface area contributed by atoms with Crippen molar-refractivity contribution in [2.24, 2.45) is 0 Å². The van der Waals surface area contributed by atoms with Crippen LogP contribution in [0, 0.1) is 0 Å². The van der Waals surface area contributed by atoms with E-state index >= 15 is 0 Å². The van der Waals surface area contributed by atoms with Crippen molar-refractivity contribution in [2.45, 2.75) is 175 Å². The zero-order valence-corrected chi connectivity index (χ0v) is 23.3. The van der Waals surface area contributed by atoms with Gasteiger partial charge in [-0.05, 0) is 19.8 Å². The number of hydrogen-bond acceptors (Lipinski definition) is 2. The zero-order valence-electron chi connectivity index (χ0n) is 23.3. The van der Waals surface area contributed by atoms with Crippen molar-refractivity contribution in [1.29, 1.82) is 0 Å². The molecule has 0 aliphatic carbocycles.